The second-order valence-electron chi connectivity index (χ2n) is 6.53. The first-order chi connectivity index (χ1) is 12.8. The van der Waals surface area contributed by atoms with Gasteiger partial charge in [-0.3, -0.25) is 24.0 Å². The Kier molecular flexibility index (Phi) is 6.89. The number of nitro groups is 1. The summed E-state index contributed by atoms with van der Waals surface area (Å²) in [4.78, 5) is 36.0. The van der Waals surface area contributed by atoms with Crippen LogP contribution in [-0.2, 0) is 20.5 Å². The molecule has 9 nitrogen and oxygen atoms in total. The number of anilines is 1. The number of hydrogen-bond donors (Lipinski definition) is 1. The van der Waals surface area contributed by atoms with E-state index in [1.54, 1.807) is 19.2 Å². The minimum Gasteiger partial charge on any atom is -0.370 e. The molecule has 9 heteroatoms. The summed E-state index contributed by atoms with van der Waals surface area (Å²) in [5.41, 5.74) is 0.479. The van der Waals surface area contributed by atoms with Gasteiger partial charge in [-0.1, -0.05) is 12.1 Å². The van der Waals surface area contributed by atoms with Crippen molar-refractivity contribution in [2.45, 2.75) is 12.8 Å². The molecule has 146 valence electrons. The number of likely N-dealkylation sites (N-methyl/N-ethyl adjacent to an activating group) is 1. The van der Waals surface area contributed by atoms with Gasteiger partial charge in [0.25, 0.3) is 11.2 Å². The molecule has 0 radical (unpaired) electrons. The lowest BCUT2D eigenvalue weighted by atomic mass is 10.1. The van der Waals surface area contributed by atoms with Crippen LogP contribution in [0.2, 0.25) is 0 Å². The SMILES string of the molecule is CN(CCCc1ccc([N+](=O)[O-])cc1)CCNc1cc(=O)n(C)c(=O)n1C. The molecule has 1 heterocycles. The summed E-state index contributed by atoms with van der Waals surface area (Å²) < 4.78 is 2.48. The Morgan fingerprint density at radius 3 is 2.41 bits per heavy atom. The Labute approximate surface area is 157 Å². The van der Waals surface area contributed by atoms with E-state index in [-0.39, 0.29) is 16.9 Å². The van der Waals surface area contributed by atoms with Crippen LogP contribution < -0.4 is 16.6 Å². The Morgan fingerprint density at radius 2 is 1.78 bits per heavy atom. The van der Waals surface area contributed by atoms with Crippen LogP contribution in [0.15, 0.2) is 39.9 Å². The number of hydrogen-bond acceptors (Lipinski definition) is 6. The number of nitrogens with zero attached hydrogens (tertiary/aromatic N) is 4. The highest BCUT2D eigenvalue weighted by molar-refractivity contribution is 5.34. The Bertz CT molecular complexity index is 901. The van der Waals surface area contributed by atoms with Gasteiger partial charge < -0.3 is 10.2 Å². The summed E-state index contributed by atoms with van der Waals surface area (Å²) >= 11 is 0. The highest BCUT2D eigenvalue weighted by Gasteiger charge is 2.07. The normalized spacial score (nSPS) is 11.0. The van der Waals surface area contributed by atoms with Crippen molar-refractivity contribution in [2.75, 3.05) is 32.0 Å². The molecule has 0 spiro atoms. The third-order valence-corrected chi connectivity index (χ3v) is 4.48. The van der Waals surface area contributed by atoms with Crippen LogP contribution in [0.4, 0.5) is 11.5 Å². The number of aromatic nitrogens is 2. The molecule has 0 amide bonds. The predicted octanol–water partition coefficient (Wildman–Crippen LogP) is 0.969. The molecule has 2 aromatic rings. The molecule has 1 aromatic carbocycles. The zero-order chi connectivity index (χ0) is 20.0. The van der Waals surface area contributed by atoms with E-state index in [1.807, 2.05) is 7.05 Å². The van der Waals surface area contributed by atoms with Crippen LogP contribution in [0.5, 0.6) is 0 Å². The maximum absolute atomic E-state index is 11.9. The van der Waals surface area contributed by atoms with Gasteiger partial charge in [0, 0.05) is 45.4 Å². The average molecular weight is 375 g/mol. The van der Waals surface area contributed by atoms with Gasteiger partial charge in [0.15, 0.2) is 0 Å². The molecule has 0 atom stereocenters. The second kappa shape index (κ2) is 9.13. The molecule has 1 aromatic heterocycles. The van der Waals surface area contributed by atoms with Crippen molar-refractivity contribution >= 4 is 11.5 Å². The fourth-order valence-electron chi connectivity index (χ4n) is 2.73. The van der Waals surface area contributed by atoms with E-state index in [9.17, 15) is 19.7 Å². The van der Waals surface area contributed by atoms with Crippen molar-refractivity contribution < 1.29 is 4.92 Å². The van der Waals surface area contributed by atoms with E-state index in [0.29, 0.717) is 12.4 Å². The number of non-ortho nitro benzene ring substituents is 1. The van der Waals surface area contributed by atoms with E-state index in [1.165, 1.54) is 29.8 Å². The van der Waals surface area contributed by atoms with Crippen LogP contribution in [0, 0.1) is 10.1 Å². The number of nitro benzene ring substituents is 1. The number of benzene rings is 1. The molecule has 27 heavy (non-hydrogen) atoms. The summed E-state index contributed by atoms with van der Waals surface area (Å²) in [6.07, 6.45) is 1.78. The van der Waals surface area contributed by atoms with E-state index in [4.69, 9.17) is 0 Å². The number of nitrogens with one attached hydrogen (secondary N) is 1. The lowest BCUT2D eigenvalue weighted by Gasteiger charge is -2.18. The zero-order valence-corrected chi connectivity index (χ0v) is 15.8. The van der Waals surface area contributed by atoms with Crippen LogP contribution >= 0.6 is 0 Å². The van der Waals surface area contributed by atoms with Crippen molar-refractivity contribution in [2.24, 2.45) is 14.1 Å². The van der Waals surface area contributed by atoms with Crippen molar-refractivity contribution in [1.29, 1.82) is 0 Å². The molecule has 1 N–H and O–H groups in total. The fraction of sp³-hybridized carbons (Fsp3) is 0.444. The van der Waals surface area contributed by atoms with Gasteiger partial charge in [0.05, 0.1) is 4.92 Å². The molecule has 0 aliphatic rings. The van der Waals surface area contributed by atoms with Crippen molar-refractivity contribution in [3.05, 3.63) is 66.8 Å². The Hall–Kier alpha value is -2.94. The summed E-state index contributed by atoms with van der Waals surface area (Å²) in [5.74, 6) is 0.502. The summed E-state index contributed by atoms with van der Waals surface area (Å²) in [6, 6.07) is 8.04. The Morgan fingerprint density at radius 1 is 1.11 bits per heavy atom. The van der Waals surface area contributed by atoms with Gasteiger partial charge in [0.2, 0.25) is 0 Å². The molecule has 0 fully saturated rings. The largest absolute Gasteiger partial charge is 0.370 e. The molecular weight excluding hydrogens is 350 g/mol. The topological polar surface area (TPSA) is 102 Å². The highest BCUT2D eigenvalue weighted by Crippen LogP contribution is 2.13. The van der Waals surface area contributed by atoms with Gasteiger partial charge in [0.1, 0.15) is 5.82 Å². The average Bonchev–Trinajstić information content (AvgIpc) is 2.64. The van der Waals surface area contributed by atoms with Crippen molar-refractivity contribution in [3.63, 3.8) is 0 Å². The van der Waals surface area contributed by atoms with E-state index in [0.717, 1.165) is 36.1 Å². The Balaban J connectivity index is 1.75. The van der Waals surface area contributed by atoms with Gasteiger partial charge in [-0.05, 0) is 32.0 Å². The predicted molar refractivity (Wildman–Crippen MR) is 104 cm³/mol. The van der Waals surface area contributed by atoms with Crippen molar-refractivity contribution in [3.8, 4) is 0 Å². The van der Waals surface area contributed by atoms with Crippen molar-refractivity contribution in [1.82, 2.24) is 14.0 Å². The summed E-state index contributed by atoms with van der Waals surface area (Å²) in [5, 5.41) is 13.8. The molecule has 0 aliphatic heterocycles. The molecule has 2 rings (SSSR count). The summed E-state index contributed by atoms with van der Waals surface area (Å²) in [7, 11) is 5.08. The molecular formula is C18H25N5O4. The maximum Gasteiger partial charge on any atom is 0.332 e. The number of aryl methyl sites for hydroxylation is 1. The molecule has 0 aliphatic carbocycles. The quantitative estimate of drug-likeness (QED) is 0.517. The smallest absolute Gasteiger partial charge is 0.332 e. The lowest BCUT2D eigenvalue weighted by molar-refractivity contribution is -0.384. The van der Waals surface area contributed by atoms with Gasteiger partial charge in [-0.25, -0.2) is 4.79 Å². The third-order valence-electron chi connectivity index (χ3n) is 4.48. The molecule has 0 saturated carbocycles. The van der Waals surface area contributed by atoms with E-state index >= 15 is 0 Å². The standard InChI is InChI=1S/C18H25N5O4/c1-20(11-4-5-14-6-8-15(9-7-14)23(26)27)12-10-19-16-13-17(24)22(3)18(25)21(16)2/h6-9,13,19H,4-5,10-12H2,1-3H3. The fourth-order valence-corrected chi connectivity index (χ4v) is 2.73. The van der Waals surface area contributed by atoms with Gasteiger partial charge in [-0.15, -0.1) is 0 Å². The monoisotopic (exact) mass is 375 g/mol. The summed E-state index contributed by atoms with van der Waals surface area (Å²) in [6.45, 7) is 2.23. The highest BCUT2D eigenvalue weighted by atomic mass is 16.6. The first-order valence-corrected chi connectivity index (χ1v) is 8.72. The minimum absolute atomic E-state index is 0.104. The van der Waals surface area contributed by atoms with Gasteiger partial charge >= 0.3 is 5.69 Å². The first kappa shape index (κ1) is 20.4. The molecule has 0 saturated heterocycles. The second-order valence-corrected chi connectivity index (χ2v) is 6.53. The minimum atomic E-state index is -0.400. The van der Waals surface area contributed by atoms with Crippen LogP contribution in [-0.4, -0.2) is 45.6 Å². The van der Waals surface area contributed by atoms with Crippen LogP contribution in [0.1, 0.15) is 12.0 Å². The van der Waals surface area contributed by atoms with Gasteiger partial charge in [-0.2, -0.15) is 0 Å². The van der Waals surface area contributed by atoms with Crippen LogP contribution in [0.25, 0.3) is 0 Å². The lowest BCUT2D eigenvalue weighted by Crippen LogP contribution is -2.38. The molecule has 0 unspecified atom stereocenters. The maximum atomic E-state index is 11.9. The number of rotatable bonds is 9. The first-order valence-electron chi connectivity index (χ1n) is 8.72. The third kappa shape index (κ3) is 5.52. The zero-order valence-electron chi connectivity index (χ0n) is 15.8. The molecule has 0 bridgehead atoms. The van der Waals surface area contributed by atoms with E-state index in [2.05, 4.69) is 10.2 Å². The van der Waals surface area contributed by atoms with Crippen LogP contribution in [0.3, 0.4) is 0 Å². The van der Waals surface area contributed by atoms with E-state index < -0.39 is 4.92 Å².